The highest BCUT2D eigenvalue weighted by atomic mass is 16.4. The van der Waals surface area contributed by atoms with E-state index in [0.717, 1.165) is 17.7 Å². The second-order valence-corrected chi connectivity index (χ2v) is 3.18. The van der Waals surface area contributed by atoms with Crippen LogP contribution in [-0.4, -0.2) is 20.9 Å². The molecule has 0 aromatic carbocycles. The molecule has 0 aliphatic heterocycles. The molecule has 0 fully saturated rings. The maximum atomic E-state index is 10.4. The molecule has 1 rings (SSSR count). The van der Waals surface area contributed by atoms with Crippen LogP contribution in [0.3, 0.4) is 0 Å². The van der Waals surface area contributed by atoms with Gasteiger partial charge in [0, 0.05) is 19.0 Å². The standard InChI is InChI=1S/C9H15N3O2/c1-3-7-6(4-5-8(13)14)9(10)12(2)11-7/h3-5,10H2,1-2H3,(H,13,14). The van der Waals surface area contributed by atoms with Crippen LogP contribution in [0.25, 0.3) is 0 Å². The fourth-order valence-electron chi connectivity index (χ4n) is 1.43. The zero-order valence-corrected chi connectivity index (χ0v) is 8.45. The number of rotatable bonds is 4. The Morgan fingerprint density at radius 3 is 2.79 bits per heavy atom. The minimum absolute atomic E-state index is 0.100. The van der Waals surface area contributed by atoms with Crippen LogP contribution < -0.4 is 5.73 Å². The van der Waals surface area contributed by atoms with Crippen LogP contribution in [0, 0.1) is 0 Å². The molecule has 1 heterocycles. The average molecular weight is 197 g/mol. The molecule has 0 saturated heterocycles. The Bertz CT molecular complexity index is 344. The molecule has 0 amide bonds. The van der Waals surface area contributed by atoms with E-state index in [1.807, 2.05) is 6.92 Å². The summed E-state index contributed by atoms with van der Waals surface area (Å²) in [6.45, 7) is 1.98. The minimum atomic E-state index is -0.810. The molecule has 78 valence electrons. The van der Waals surface area contributed by atoms with Gasteiger partial charge in [0.25, 0.3) is 0 Å². The van der Waals surface area contributed by atoms with Gasteiger partial charge >= 0.3 is 5.97 Å². The fourth-order valence-corrected chi connectivity index (χ4v) is 1.43. The first kappa shape index (κ1) is 10.6. The predicted octanol–water partition coefficient (Wildman–Crippen LogP) is 0.582. The number of aryl methyl sites for hydroxylation is 2. The molecule has 1 aromatic rings. The van der Waals surface area contributed by atoms with Gasteiger partial charge in [-0.05, 0) is 12.8 Å². The molecule has 3 N–H and O–H groups in total. The lowest BCUT2D eigenvalue weighted by atomic mass is 10.1. The summed E-state index contributed by atoms with van der Waals surface area (Å²) >= 11 is 0. The largest absolute Gasteiger partial charge is 0.481 e. The first-order valence-electron chi connectivity index (χ1n) is 4.58. The number of hydrogen-bond donors (Lipinski definition) is 2. The van der Waals surface area contributed by atoms with Gasteiger partial charge < -0.3 is 10.8 Å². The molecule has 1 aromatic heterocycles. The summed E-state index contributed by atoms with van der Waals surface area (Å²) in [7, 11) is 1.76. The summed E-state index contributed by atoms with van der Waals surface area (Å²) in [5.41, 5.74) is 7.54. The minimum Gasteiger partial charge on any atom is -0.481 e. The second-order valence-electron chi connectivity index (χ2n) is 3.18. The topological polar surface area (TPSA) is 81.1 Å². The molecule has 0 aliphatic carbocycles. The molecular weight excluding hydrogens is 182 g/mol. The number of nitrogens with zero attached hydrogens (tertiary/aromatic N) is 2. The molecule has 5 nitrogen and oxygen atoms in total. The van der Waals surface area contributed by atoms with E-state index in [-0.39, 0.29) is 6.42 Å². The first-order valence-corrected chi connectivity index (χ1v) is 4.58. The first-order chi connectivity index (χ1) is 6.56. The van der Waals surface area contributed by atoms with Crippen molar-refractivity contribution in [3.05, 3.63) is 11.3 Å². The number of aromatic nitrogens is 2. The van der Waals surface area contributed by atoms with Crippen molar-refractivity contribution in [1.82, 2.24) is 9.78 Å². The molecule has 0 radical (unpaired) electrons. The lowest BCUT2D eigenvalue weighted by Gasteiger charge is -1.99. The third kappa shape index (κ3) is 2.04. The normalized spacial score (nSPS) is 10.4. The van der Waals surface area contributed by atoms with Crippen molar-refractivity contribution in [2.45, 2.75) is 26.2 Å². The number of aliphatic carboxylic acids is 1. The molecule has 0 spiro atoms. The van der Waals surface area contributed by atoms with Crippen molar-refractivity contribution in [2.75, 3.05) is 5.73 Å². The van der Waals surface area contributed by atoms with Crippen molar-refractivity contribution in [1.29, 1.82) is 0 Å². The third-order valence-electron chi connectivity index (χ3n) is 2.20. The van der Waals surface area contributed by atoms with Crippen molar-refractivity contribution >= 4 is 11.8 Å². The Morgan fingerprint density at radius 1 is 1.64 bits per heavy atom. The van der Waals surface area contributed by atoms with Gasteiger partial charge in [-0.3, -0.25) is 9.48 Å². The van der Waals surface area contributed by atoms with Crippen molar-refractivity contribution in [2.24, 2.45) is 7.05 Å². The van der Waals surface area contributed by atoms with E-state index < -0.39 is 5.97 Å². The smallest absolute Gasteiger partial charge is 0.303 e. The Morgan fingerprint density at radius 2 is 2.29 bits per heavy atom. The second kappa shape index (κ2) is 4.13. The van der Waals surface area contributed by atoms with Gasteiger partial charge in [0.1, 0.15) is 5.82 Å². The molecule has 0 saturated carbocycles. The van der Waals surface area contributed by atoms with Crippen LogP contribution in [-0.2, 0) is 24.7 Å². The van der Waals surface area contributed by atoms with Crippen molar-refractivity contribution in [3.63, 3.8) is 0 Å². The number of nitrogen functional groups attached to an aromatic ring is 1. The fraction of sp³-hybridized carbons (Fsp3) is 0.556. The predicted molar refractivity (Wildman–Crippen MR) is 53.0 cm³/mol. The van der Waals surface area contributed by atoms with E-state index >= 15 is 0 Å². The average Bonchev–Trinajstić information content (AvgIpc) is 2.40. The number of nitrogens with two attached hydrogens (primary N) is 1. The molecule has 0 atom stereocenters. The number of carbonyl (C=O) groups is 1. The van der Waals surface area contributed by atoms with Gasteiger partial charge in [-0.15, -0.1) is 0 Å². The quantitative estimate of drug-likeness (QED) is 0.739. The van der Waals surface area contributed by atoms with E-state index in [0.29, 0.717) is 12.2 Å². The highest BCUT2D eigenvalue weighted by Gasteiger charge is 2.12. The lowest BCUT2D eigenvalue weighted by molar-refractivity contribution is -0.136. The molecule has 0 unspecified atom stereocenters. The Balaban J connectivity index is 2.88. The van der Waals surface area contributed by atoms with E-state index in [9.17, 15) is 4.79 Å². The van der Waals surface area contributed by atoms with Gasteiger partial charge in [-0.25, -0.2) is 0 Å². The van der Waals surface area contributed by atoms with Crippen molar-refractivity contribution < 1.29 is 9.90 Å². The highest BCUT2D eigenvalue weighted by molar-refractivity contribution is 5.67. The van der Waals surface area contributed by atoms with Gasteiger partial charge in [-0.2, -0.15) is 5.10 Å². The van der Waals surface area contributed by atoms with Crippen LogP contribution in [0.1, 0.15) is 24.6 Å². The van der Waals surface area contributed by atoms with E-state index in [1.165, 1.54) is 0 Å². The van der Waals surface area contributed by atoms with Gasteiger partial charge in [-0.1, -0.05) is 6.92 Å². The molecule has 14 heavy (non-hydrogen) atoms. The Labute approximate surface area is 82.5 Å². The maximum Gasteiger partial charge on any atom is 0.303 e. The summed E-state index contributed by atoms with van der Waals surface area (Å²) in [4.78, 5) is 10.4. The summed E-state index contributed by atoms with van der Waals surface area (Å²) in [5, 5.41) is 12.8. The zero-order chi connectivity index (χ0) is 10.7. The lowest BCUT2D eigenvalue weighted by Crippen LogP contribution is -2.02. The summed E-state index contributed by atoms with van der Waals surface area (Å²) in [6.07, 6.45) is 1.33. The van der Waals surface area contributed by atoms with Crippen LogP contribution in [0.4, 0.5) is 5.82 Å². The van der Waals surface area contributed by atoms with Crippen LogP contribution in [0.5, 0.6) is 0 Å². The Hall–Kier alpha value is -1.52. The SMILES string of the molecule is CCc1nn(C)c(N)c1CCC(=O)O. The number of carboxylic acids is 1. The molecule has 5 heteroatoms. The zero-order valence-electron chi connectivity index (χ0n) is 8.45. The Kier molecular flexibility index (Phi) is 3.11. The molecule has 0 bridgehead atoms. The van der Waals surface area contributed by atoms with E-state index in [1.54, 1.807) is 11.7 Å². The highest BCUT2D eigenvalue weighted by Crippen LogP contribution is 2.18. The number of anilines is 1. The molecule has 0 aliphatic rings. The van der Waals surface area contributed by atoms with E-state index in [2.05, 4.69) is 5.10 Å². The molecular formula is C9H15N3O2. The number of carboxylic acid groups (broad SMARTS) is 1. The van der Waals surface area contributed by atoms with Crippen LogP contribution >= 0.6 is 0 Å². The monoisotopic (exact) mass is 197 g/mol. The third-order valence-corrected chi connectivity index (χ3v) is 2.20. The van der Waals surface area contributed by atoms with Gasteiger partial charge in [0.2, 0.25) is 0 Å². The summed E-state index contributed by atoms with van der Waals surface area (Å²) < 4.78 is 1.59. The van der Waals surface area contributed by atoms with Crippen LogP contribution in [0.2, 0.25) is 0 Å². The van der Waals surface area contributed by atoms with E-state index in [4.69, 9.17) is 10.8 Å². The van der Waals surface area contributed by atoms with Gasteiger partial charge in [0.05, 0.1) is 5.69 Å². The van der Waals surface area contributed by atoms with Crippen molar-refractivity contribution in [3.8, 4) is 0 Å². The maximum absolute atomic E-state index is 10.4. The number of hydrogen-bond acceptors (Lipinski definition) is 3. The summed E-state index contributed by atoms with van der Waals surface area (Å²) in [6, 6.07) is 0. The summed E-state index contributed by atoms with van der Waals surface area (Å²) in [5.74, 6) is -0.238. The van der Waals surface area contributed by atoms with Gasteiger partial charge in [0.15, 0.2) is 0 Å². The van der Waals surface area contributed by atoms with Crippen LogP contribution in [0.15, 0.2) is 0 Å².